The smallest absolute Gasteiger partial charge is 0.255 e. The Morgan fingerprint density at radius 2 is 2.29 bits per heavy atom. The van der Waals surface area contributed by atoms with Crippen LogP contribution >= 0.6 is 11.8 Å². The molecular weight excluding hydrogens is 236 g/mol. The van der Waals surface area contributed by atoms with Crippen molar-refractivity contribution in [2.75, 3.05) is 12.9 Å². The lowest BCUT2D eigenvalue weighted by Gasteiger charge is -2.18. The van der Waals surface area contributed by atoms with Crippen LogP contribution in [0.5, 0.6) is 0 Å². The number of aromatic amines is 1. The van der Waals surface area contributed by atoms with Gasteiger partial charge in [0.1, 0.15) is 5.82 Å². The maximum absolute atomic E-state index is 11.8. The summed E-state index contributed by atoms with van der Waals surface area (Å²) >= 11 is 1.73. The Kier molecular flexibility index (Phi) is 3.69. The Labute approximate surface area is 104 Å². The molecule has 1 N–H and O–H groups in total. The van der Waals surface area contributed by atoms with Crippen molar-refractivity contribution in [2.45, 2.75) is 25.7 Å². The number of H-pyrrole nitrogens is 1. The van der Waals surface area contributed by atoms with Gasteiger partial charge in [-0.3, -0.25) is 4.79 Å². The van der Waals surface area contributed by atoms with Gasteiger partial charge in [-0.15, -0.1) is 0 Å². The molecule has 2 heterocycles. The second-order valence-electron chi connectivity index (χ2n) is 4.10. The summed E-state index contributed by atoms with van der Waals surface area (Å²) in [7, 11) is 1.68. The Balaban J connectivity index is 2.51. The predicted molar refractivity (Wildman–Crippen MR) is 70.2 cm³/mol. The quantitative estimate of drug-likeness (QED) is 0.871. The summed E-state index contributed by atoms with van der Waals surface area (Å²) < 4.78 is 5.23. The molecule has 0 aliphatic carbocycles. The second kappa shape index (κ2) is 5.06. The number of aromatic nitrogens is 2. The number of hydrogen-bond acceptors (Lipinski definition) is 4. The van der Waals surface area contributed by atoms with Crippen molar-refractivity contribution in [1.29, 1.82) is 0 Å². The largest absolute Gasteiger partial charge is 0.378 e. The van der Waals surface area contributed by atoms with E-state index in [1.807, 2.05) is 13.0 Å². The zero-order valence-electron chi connectivity index (χ0n) is 10.2. The van der Waals surface area contributed by atoms with Gasteiger partial charge in [0.15, 0.2) is 0 Å². The maximum Gasteiger partial charge on any atom is 0.255 e. The van der Waals surface area contributed by atoms with Crippen LogP contribution in [0, 0.1) is 6.92 Å². The molecule has 4 nitrogen and oxygen atoms in total. The van der Waals surface area contributed by atoms with Crippen LogP contribution in [0.3, 0.4) is 0 Å². The maximum atomic E-state index is 11.8. The van der Waals surface area contributed by atoms with Crippen LogP contribution in [0.25, 0.3) is 5.57 Å². The molecule has 1 atom stereocenters. The minimum atomic E-state index is -0.0179. The normalized spacial score (nSPS) is 19.1. The lowest BCUT2D eigenvalue weighted by atomic mass is 10.1. The Morgan fingerprint density at radius 3 is 3.00 bits per heavy atom. The van der Waals surface area contributed by atoms with Gasteiger partial charge in [-0.25, -0.2) is 4.98 Å². The van der Waals surface area contributed by atoms with Gasteiger partial charge in [0.25, 0.3) is 5.56 Å². The molecule has 0 bridgehead atoms. The minimum Gasteiger partial charge on any atom is -0.378 e. The first-order valence-electron chi connectivity index (χ1n) is 5.53. The van der Waals surface area contributed by atoms with Gasteiger partial charge in [0, 0.05) is 18.6 Å². The highest BCUT2D eigenvalue weighted by atomic mass is 32.2. The zero-order valence-corrected chi connectivity index (χ0v) is 11.1. The summed E-state index contributed by atoms with van der Waals surface area (Å²) in [6.45, 7) is 3.78. The third kappa shape index (κ3) is 2.61. The fraction of sp³-hybridized carbons (Fsp3) is 0.500. The van der Waals surface area contributed by atoms with Crippen LogP contribution in [-0.2, 0) is 10.5 Å². The monoisotopic (exact) mass is 252 g/mol. The number of methoxy groups -OCH3 is 1. The van der Waals surface area contributed by atoms with E-state index in [4.69, 9.17) is 4.74 Å². The second-order valence-corrected chi connectivity index (χ2v) is 5.09. The van der Waals surface area contributed by atoms with Crippen molar-refractivity contribution >= 4 is 17.3 Å². The highest BCUT2D eigenvalue weighted by Gasteiger charge is 2.19. The van der Waals surface area contributed by atoms with Crippen LogP contribution < -0.4 is 5.56 Å². The molecule has 0 saturated carbocycles. The Bertz CT molecular complexity index is 508. The van der Waals surface area contributed by atoms with E-state index >= 15 is 0 Å². The molecule has 0 aromatic carbocycles. The molecule has 0 saturated heterocycles. The van der Waals surface area contributed by atoms with Crippen molar-refractivity contribution in [3.05, 3.63) is 33.5 Å². The number of fused-ring (bicyclic) bond motifs is 1. The lowest BCUT2D eigenvalue weighted by Crippen LogP contribution is -2.21. The summed E-state index contributed by atoms with van der Waals surface area (Å²) in [5.74, 6) is 2.28. The van der Waals surface area contributed by atoms with E-state index in [9.17, 15) is 4.79 Å². The number of rotatable bonds is 2. The topological polar surface area (TPSA) is 55.0 Å². The summed E-state index contributed by atoms with van der Waals surface area (Å²) in [5, 5.41) is 0. The SMILES string of the molecule is COC(C)C=C1CSCc2c1nc(C)[nH]c2=O. The standard InChI is InChI=1S/C12H16N2O2S/c1-7(16-3)4-9-5-17-6-10-11(9)13-8(2)14-12(10)15/h4,7H,5-6H2,1-3H3,(H,13,14,15). The van der Waals surface area contributed by atoms with Gasteiger partial charge in [-0.05, 0) is 25.5 Å². The van der Waals surface area contributed by atoms with Crippen molar-refractivity contribution in [3.8, 4) is 0 Å². The van der Waals surface area contributed by atoms with Crippen molar-refractivity contribution in [2.24, 2.45) is 0 Å². The third-order valence-corrected chi connectivity index (χ3v) is 3.76. The number of thioether (sulfide) groups is 1. The van der Waals surface area contributed by atoms with Gasteiger partial charge in [-0.2, -0.15) is 11.8 Å². The highest BCUT2D eigenvalue weighted by molar-refractivity contribution is 7.99. The molecule has 1 unspecified atom stereocenters. The van der Waals surface area contributed by atoms with Crippen LogP contribution in [0.1, 0.15) is 24.0 Å². The van der Waals surface area contributed by atoms with Gasteiger partial charge in [-0.1, -0.05) is 0 Å². The predicted octanol–water partition coefficient (Wildman–Crippen LogP) is 1.74. The summed E-state index contributed by atoms with van der Waals surface area (Å²) in [6.07, 6.45) is 2.08. The van der Waals surface area contributed by atoms with E-state index in [2.05, 4.69) is 9.97 Å². The first-order chi connectivity index (χ1) is 8.11. The summed E-state index contributed by atoms with van der Waals surface area (Å²) in [6, 6.07) is 0. The summed E-state index contributed by atoms with van der Waals surface area (Å²) in [5.41, 5.74) is 2.70. The number of aryl methyl sites for hydroxylation is 1. The summed E-state index contributed by atoms with van der Waals surface area (Å²) in [4.78, 5) is 19.0. The molecule has 5 heteroatoms. The fourth-order valence-electron chi connectivity index (χ4n) is 1.82. The Hall–Kier alpha value is -1.07. The van der Waals surface area contributed by atoms with E-state index in [0.29, 0.717) is 5.82 Å². The molecule has 2 rings (SSSR count). The van der Waals surface area contributed by atoms with E-state index in [0.717, 1.165) is 28.3 Å². The average Bonchev–Trinajstić information content (AvgIpc) is 2.30. The molecule has 0 fully saturated rings. The van der Waals surface area contributed by atoms with Gasteiger partial charge in [0.2, 0.25) is 0 Å². The van der Waals surface area contributed by atoms with Gasteiger partial charge >= 0.3 is 0 Å². The van der Waals surface area contributed by atoms with Crippen molar-refractivity contribution in [1.82, 2.24) is 9.97 Å². The van der Waals surface area contributed by atoms with Crippen LogP contribution in [0.2, 0.25) is 0 Å². The Morgan fingerprint density at radius 1 is 1.53 bits per heavy atom. The molecule has 0 amide bonds. The first kappa shape index (κ1) is 12.4. The van der Waals surface area contributed by atoms with Gasteiger partial charge in [0.05, 0.1) is 17.4 Å². The molecule has 1 aliphatic rings. The lowest BCUT2D eigenvalue weighted by molar-refractivity contribution is 0.156. The average molecular weight is 252 g/mol. The molecule has 17 heavy (non-hydrogen) atoms. The molecule has 92 valence electrons. The molecule has 0 spiro atoms. The molecular formula is C12H16N2O2S. The zero-order chi connectivity index (χ0) is 12.4. The van der Waals surface area contributed by atoms with Crippen molar-refractivity contribution in [3.63, 3.8) is 0 Å². The number of hydrogen-bond donors (Lipinski definition) is 1. The third-order valence-electron chi connectivity index (χ3n) is 2.75. The number of ether oxygens (including phenoxy) is 1. The first-order valence-corrected chi connectivity index (χ1v) is 6.68. The van der Waals surface area contributed by atoms with E-state index in [-0.39, 0.29) is 11.7 Å². The fourth-order valence-corrected chi connectivity index (χ4v) is 2.85. The molecule has 1 aliphatic heterocycles. The number of nitrogens with zero attached hydrogens (tertiary/aromatic N) is 1. The minimum absolute atomic E-state index is 0.0179. The van der Waals surface area contributed by atoms with Crippen LogP contribution in [0.15, 0.2) is 10.9 Å². The van der Waals surface area contributed by atoms with E-state index in [1.54, 1.807) is 25.8 Å². The molecule has 0 radical (unpaired) electrons. The molecule has 1 aromatic heterocycles. The van der Waals surface area contributed by atoms with E-state index in [1.165, 1.54) is 0 Å². The molecule has 1 aromatic rings. The van der Waals surface area contributed by atoms with E-state index < -0.39 is 0 Å². The highest BCUT2D eigenvalue weighted by Crippen LogP contribution is 2.29. The number of nitrogens with one attached hydrogen (secondary N) is 1. The van der Waals surface area contributed by atoms with Crippen LogP contribution in [0.4, 0.5) is 0 Å². The van der Waals surface area contributed by atoms with Crippen LogP contribution in [-0.4, -0.2) is 28.9 Å². The van der Waals surface area contributed by atoms with Gasteiger partial charge < -0.3 is 9.72 Å². The van der Waals surface area contributed by atoms with Crippen molar-refractivity contribution < 1.29 is 4.74 Å².